The van der Waals surface area contributed by atoms with Gasteiger partial charge in [0.2, 0.25) is 0 Å². The van der Waals surface area contributed by atoms with Crippen molar-refractivity contribution in [1.29, 1.82) is 0 Å². The van der Waals surface area contributed by atoms with Gasteiger partial charge in [-0.3, -0.25) is 0 Å². The summed E-state index contributed by atoms with van der Waals surface area (Å²) >= 11 is 3.62. The van der Waals surface area contributed by atoms with Crippen LogP contribution in [0.3, 0.4) is 0 Å². The first kappa shape index (κ1) is 33.5. The summed E-state index contributed by atoms with van der Waals surface area (Å²) < 4.78 is 16.7. The van der Waals surface area contributed by atoms with Crippen LogP contribution in [0.15, 0.2) is 48.5 Å². The summed E-state index contributed by atoms with van der Waals surface area (Å²) in [5.74, 6) is 1.54. The summed E-state index contributed by atoms with van der Waals surface area (Å²) in [6, 6.07) is 14.2. The molecule has 0 bridgehead atoms. The van der Waals surface area contributed by atoms with Crippen molar-refractivity contribution >= 4 is 39.5 Å². The molecule has 0 aliphatic heterocycles. The number of nitrogens with one attached hydrogen (secondary N) is 1. The molecule has 0 saturated heterocycles. The second-order valence-corrected chi connectivity index (χ2v) is 24.1. The number of allylic oxidation sites excluding steroid dienone is 1. The van der Waals surface area contributed by atoms with E-state index in [2.05, 4.69) is 44.3 Å². The van der Waals surface area contributed by atoms with Gasteiger partial charge in [-0.25, -0.2) is 0 Å². The molecule has 39 heavy (non-hydrogen) atoms. The molecule has 0 spiro atoms. The van der Waals surface area contributed by atoms with Gasteiger partial charge in [0, 0.05) is 0 Å². The van der Waals surface area contributed by atoms with Crippen LogP contribution in [0.25, 0.3) is 3.59 Å². The summed E-state index contributed by atoms with van der Waals surface area (Å²) in [6.45, 7) is 7.41. The van der Waals surface area contributed by atoms with E-state index >= 15 is 0 Å². The summed E-state index contributed by atoms with van der Waals surface area (Å²) in [6.07, 6.45) is 12.6. The molecule has 6 heteroatoms. The predicted octanol–water partition coefficient (Wildman–Crippen LogP) is 9.62. The van der Waals surface area contributed by atoms with E-state index in [1.54, 1.807) is 17.8 Å². The second kappa shape index (κ2) is 18.6. The molecular weight excluding hydrogens is 613 g/mol. The Labute approximate surface area is 246 Å². The van der Waals surface area contributed by atoms with E-state index in [1.807, 2.05) is 30.3 Å². The topological polar surface area (TPSA) is 47.6 Å². The van der Waals surface area contributed by atoms with Gasteiger partial charge in [0.1, 0.15) is 0 Å². The van der Waals surface area contributed by atoms with Crippen molar-refractivity contribution < 1.29 is 14.3 Å². The Kier molecular flexibility index (Phi) is 16.0. The first-order valence-corrected chi connectivity index (χ1v) is 22.7. The molecule has 2 aromatic rings. The van der Waals surface area contributed by atoms with Gasteiger partial charge in [-0.2, -0.15) is 0 Å². The van der Waals surface area contributed by atoms with Crippen molar-refractivity contribution in [3.63, 3.8) is 0 Å². The van der Waals surface area contributed by atoms with Crippen molar-refractivity contribution in [2.45, 2.75) is 98.4 Å². The zero-order valence-corrected chi connectivity index (χ0v) is 28.5. The number of ether oxygens (including phenoxy) is 2. The predicted molar refractivity (Wildman–Crippen MR) is 170 cm³/mol. The molecule has 2 aromatic carbocycles. The fraction of sp³-hybridized carbons (Fsp3) is 0.545. The Morgan fingerprint density at radius 1 is 0.872 bits per heavy atom. The van der Waals surface area contributed by atoms with Crippen LogP contribution < -0.4 is 14.8 Å². The van der Waals surface area contributed by atoms with Crippen LogP contribution in [0.4, 0.5) is 0 Å². The Hall–Kier alpha value is -1.66. The van der Waals surface area contributed by atoms with Crippen LogP contribution in [0, 0.1) is 0 Å². The van der Waals surface area contributed by atoms with Gasteiger partial charge in [0.05, 0.1) is 7.11 Å². The van der Waals surface area contributed by atoms with E-state index in [1.165, 1.54) is 57.4 Å². The molecular formula is C33H50ClNO3Sn. The Morgan fingerprint density at radius 2 is 1.49 bits per heavy atom. The first-order valence-electron chi connectivity index (χ1n) is 14.9. The number of rotatable bonds is 19. The molecule has 0 aliphatic carbocycles. The van der Waals surface area contributed by atoms with Crippen LogP contribution in [0.5, 0.6) is 11.5 Å². The number of amides is 1. The maximum atomic E-state index is 12.7. The van der Waals surface area contributed by atoms with Crippen molar-refractivity contribution in [1.82, 2.24) is 5.32 Å². The average molecular weight is 663 g/mol. The summed E-state index contributed by atoms with van der Waals surface area (Å²) in [7, 11) is 3.27. The summed E-state index contributed by atoms with van der Waals surface area (Å²) in [5.41, 5.74) is 2.31. The normalized spacial score (nSPS) is 11.9. The molecule has 0 heterocycles. The van der Waals surface area contributed by atoms with Crippen LogP contribution in [0.1, 0.15) is 89.7 Å². The van der Waals surface area contributed by atoms with E-state index in [-0.39, 0.29) is 5.91 Å². The summed E-state index contributed by atoms with van der Waals surface area (Å²) in [5, 5.41) is 3.86. The SMILES string of the molecule is CCC[CH2][Sn]([CH2]CCC)([CH2]CCC)/[C](=C/CCCC(=O)NCc1ccc(OC)cc1OC)c1ccc(Cl)cc1. The molecule has 0 fully saturated rings. The first-order chi connectivity index (χ1) is 18.9. The van der Waals surface area contributed by atoms with E-state index in [4.69, 9.17) is 21.1 Å². The molecule has 0 saturated carbocycles. The van der Waals surface area contributed by atoms with Gasteiger partial charge in [-0.15, -0.1) is 0 Å². The zero-order chi connectivity index (χ0) is 28.5. The number of carbonyl (C=O) groups is 1. The molecule has 1 amide bonds. The minimum absolute atomic E-state index is 0.0760. The monoisotopic (exact) mass is 663 g/mol. The molecule has 0 atom stereocenters. The van der Waals surface area contributed by atoms with Crippen molar-refractivity contribution in [3.05, 3.63) is 64.7 Å². The summed E-state index contributed by atoms with van der Waals surface area (Å²) in [4.78, 5) is 12.7. The van der Waals surface area contributed by atoms with Crippen LogP contribution in [-0.2, 0) is 11.3 Å². The number of unbranched alkanes of at least 4 members (excludes halogenated alkanes) is 4. The molecule has 0 unspecified atom stereocenters. The van der Waals surface area contributed by atoms with Gasteiger partial charge >= 0.3 is 236 Å². The van der Waals surface area contributed by atoms with Crippen molar-refractivity contribution in [2.24, 2.45) is 0 Å². The van der Waals surface area contributed by atoms with Gasteiger partial charge in [-0.05, 0) is 0 Å². The van der Waals surface area contributed by atoms with E-state index in [0.717, 1.165) is 34.9 Å². The number of halogens is 1. The van der Waals surface area contributed by atoms with Gasteiger partial charge < -0.3 is 4.74 Å². The fourth-order valence-corrected chi connectivity index (χ4v) is 22.6. The Morgan fingerprint density at radius 3 is 2.03 bits per heavy atom. The van der Waals surface area contributed by atoms with Gasteiger partial charge in [0.25, 0.3) is 0 Å². The third-order valence-electron chi connectivity index (χ3n) is 7.68. The van der Waals surface area contributed by atoms with Crippen LogP contribution in [-0.4, -0.2) is 38.5 Å². The number of carbonyl (C=O) groups excluding carboxylic acids is 1. The maximum absolute atomic E-state index is 12.7. The van der Waals surface area contributed by atoms with Crippen LogP contribution in [0.2, 0.25) is 18.3 Å². The molecule has 2 rings (SSSR count). The molecule has 1 N–H and O–H groups in total. The third-order valence-corrected chi connectivity index (χ3v) is 23.8. The van der Waals surface area contributed by atoms with E-state index in [9.17, 15) is 4.79 Å². The second-order valence-electron chi connectivity index (χ2n) is 10.6. The number of hydrogen-bond donors (Lipinski definition) is 1. The Bertz CT molecular complexity index is 1000. The molecule has 0 radical (unpaired) electrons. The number of methoxy groups -OCH3 is 2. The quantitative estimate of drug-likeness (QED) is 0.120. The standard InChI is InChI=1S/C21H23ClNO3.3C4H9.Sn/c1-25-19-13-10-17(20(14-19)26-2)15-23-21(24)7-5-3-4-6-16-8-11-18(22)12-9-16;3*1-3-4-2;/h4,8-14H,3,5,7,15H2,1-2H3,(H,23,24);3*1,3-4H2,2H3;. The van der Waals surface area contributed by atoms with E-state index in [0.29, 0.717) is 13.0 Å². The zero-order valence-electron chi connectivity index (χ0n) is 24.9. The number of benzene rings is 2. The number of hydrogen-bond acceptors (Lipinski definition) is 3. The van der Waals surface area contributed by atoms with Crippen molar-refractivity contribution in [2.75, 3.05) is 14.2 Å². The van der Waals surface area contributed by atoms with E-state index < -0.39 is 18.4 Å². The minimum atomic E-state index is -2.67. The van der Waals surface area contributed by atoms with Crippen LogP contribution >= 0.6 is 11.6 Å². The fourth-order valence-electron chi connectivity index (χ4n) is 5.38. The van der Waals surface area contributed by atoms with Gasteiger partial charge in [-0.1, -0.05) is 0 Å². The third kappa shape index (κ3) is 11.0. The van der Waals surface area contributed by atoms with Gasteiger partial charge in [0.15, 0.2) is 0 Å². The Balaban J connectivity index is 2.17. The molecule has 4 nitrogen and oxygen atoms in total. The molecule has 0 aliphatic rings. The molecule has 216 valence electrons. The molecule has 0 aromatic heterocycles. The van der Waals surface area contributed by atoms with Crippen molar-refractivity contribution in [3.8, 4) is 11.5 Å². The average Bonchev–Trinajstić information content (AvgIpc) is 2.96.